The highest BCUT2D eigenvalue weighted by Gasteiger charge is 2.24. The molecule has 1 aliphatic carbocycles. The number of imidazole rings is 1. The van der Waals surface area contributed by atoms with Gasteiger partial charge in [-0.15, -0.1) is 0 Å². The molecular formula is C23H26N4O2. The average molecular weight is 390 g/mol. The topological polar surface area (TPSA) is 70.1 Å². The van der Waals surface area contributed by atoms with Gasteiger partial charge in [0.1, 0.15) is 0 Å². The first-order valence-electron chi connectivity index (χ1n) is 10.5. The van der Waals surface area contributed by atoms with Crippen molar-refractivity contribution in [2.24, 2.45) is 0 Å². The fourth-order valence-electron chi connectivity index (χ4n) is 4.83. The van der Waals surface area contributed by atoms with Gasteiger partial charge in [0.05, 0.1) is 17.6 Å². The lowest BCUT2D eigenvalue weighted by molar-refractivity contribution is -0.117. The second-order valence-corrected chi connectivity index (χ2v) is 8.21. The number of anilines is 1. The summed E-state index contributed by atoms with van der Waals surface area (Å²) in [4.78, 5) is 30.0. The predicted molar refractivity (Wildman–Crippen MR) is 114 cm³/mol. The highest BCUT2D eigenvalue weighted by molar-refractivity contribution is 5.92. The van der Waals surface area contributed by atoms with Crippen LogP contribution in [0.25, 0.3) is 11.0 Å². The number of para-hydroxylation sites is 2. The third-order valence-electron chi connectivity index (χ3n) is 6.30. The van der Waals surface area contributed by atoms with E-state index in [2.05, 4.69) is 27.3 Å². The Labute approximate surface area is 169 Å². The molecule has 2 heterocycles. The second-order valence-electron chi connectivity index (χ2n) is 8.21. The molecule has 6 nitrogen and oxygen atoms in total. The van der Waals surface area contributed by atoms with Crippen LogP contribution in [-0.2, 0) is 17.6 Å². The van der Waals surface area contributed by atoms with E-state index in [0.717, 1.165) is 55.5 Å². The Hall–Kier alpha value is -2.86. The maximum atomic E-state index is 12.5. The van der Waals surface area contributed by atoms with Crippen LogP contribution in [0.5, 0.6) is 0 Å². The summed E-state index contributed by atoms with van der Waals surface area (Å²) in [6.45, 7) is 2.02. The van der Waals surface area contributed by atoms with Gasteiger partial charge >= 0.3 is 5.69 Å². The number of rotatable bonds is 4. The van der Waals surface area contributed by atoms with Crippen LogP contribution in [0.2, 0.25) is 0 Å². The summed E-state index contributed by atoms with van der Waals surface area (Å²) in [5.74, 6) is 0.0330. The number of carbonyl (C=O) groups is 1. The number of carbonyl (C=O) groups excluding carboxylic acids is 1. The molecule has 5 rings (SSSR count). The molecule has 0 spiro atoms. The second kappa shape index (κ2) is 7.52. The fourth-order valence-corrected chi connectivity index (χ4v) is 4.83. The first kappa shape index (κ1) is 18.2. The summed E-state index contributed by atoms with van der Waals surface area (Å²) in [6.07, 6.45) is 5.21. The molecule has 0 atom stereocenters. The quantitative estimate of drug-likeness (QED) is 0.719. The third kappa shape index (κ3) is 3.60. The number of amides is 1. The molecule has 0 saturated carbocycles. The van der Waals surface area contributed by atoms with Crippen molar-refractivity contribution in [3.05, 3.63) is 64.1 Å². The van der Waals surface area contributed by atoms with Crippen molar-refractivity contribution in [2.75, 3.05) is 25.0 Å². The van der Waals surface area contributed by atoms with Gasteiger partial charge in [0.2, 0.25) is 5.91 Å². The van der Waals surface area contributed by atoms with Crippen molar-refractivity contribution >= 4 is 22.6 Å². The first-order valence-corrected chi connectivity index (χ1v) is 10.5. The number of aromatic nitrogens is 2. The van der Waals surface area contributed by atoms with E-state index in [1.807, 2.05) is 34.9 Å². The van der Waals surface area contributed by atoms with Crippen molar-refractivity contribution in [1.29, 1.82) is 0 Å². The van der Waals surface area contributed by atoms with Gasteiger partial charge in [0.25, 0.3) is 0 Å². The van der Waals surface area contributed by atoms with Crippen molar-refractivity contribution in [3.63, 3.8) is 0 Å². The highest BCUT2D eigenvalue weighted by Crippen LogP contribution is 2.26. The van der Waals surface area contributed by atoms with Gasteiger partial charge in [-0.3, -0.25) is 14.3 Å². The Kier molecular flexibility index (Phi) is 4.72. The van der Waals surface area contributed by atoms with E-state index in [0.29, 0.717) is 6.54 Å². The Morgan fingerprint density at radius 1 is 1.07 bits per heavy atom. The standard InChI is InChI=1S/C23H26N4O2/c28-22(24-18-9-8-16-4-3-5-17(16)14-18)15-26-12-10-19(11-13-26)27-21-7-2-1-6-20(21)25-23(27)29/h1-2,6-9,14,19H,3-5,10-13,15H2,(H,24,28)(H,25,29). The Balaban J connectivity index is 1.19. The molecule has 0 radical (unpaired) electrons. The Morgan fingerprint density at radius 3 is 2.72 bits per heavy atom. The summed E-state index contributed by atoms with van der Waals surface area (Å²) in [5.41, 5.74) is 5.49. The van der Waals surface area contributed by atoms with Gasteiger partial charge in [0, 0.05) is 24.8 Å². The number of nitrogens with one attached hydrogen (secondary N) is 2. The molecule has 29 heavy (non-hydrogen) atoms. The number of nitrogens with zero attached hydrogens (tertiary/aromatic N) is 2. The lowest BCUT2D eigenvalue weighted by Crippen LogP contribution is -2.41. The van der Waals surface area contributed by atoms with Crippen LogP contribution in [0, 0.1) is 0 Å². The summed E-state index contributed by atoms with van der Waals surface area (Å²) < 4.78 is 1.89. The molecule has 1 aliphatic heterocycles. The SMILES string of the molecule is O=C(CN1CCC(n2c(=O)[nH]c3ccccc32)CC1)Nc1ccc2c(c1)CCC2. The van der Waals surface area contributed by atoms with Crippen LogP contribution in [0.3, 0.4) is 0 Å². The first-order chi connectivity index (χ1) is 14.2. The van der Waals surface area contributed by atoms with Gasteiger partial charge < -0.3 is 10.3 Å². The summed E-state index contributed by atoms with van der Waals surface area (Å²) in [6, 6.07) is 14.3. The maximum absolute atomic E-state index is 12.5. The van der Waals surface area contributed by atoms with E-state index >= 15 is 0 Å². The van der Waals surface area contributed by atoms with E-state index in [9.17, 15) is 9.59 Å². The zero-order valence-corrected chi connectivity index (χ0v) is 16.5. The molecule has 1 saturated heterocycles. The summed E-state index contributed by atoms with van der Waals surface area (Å²) in [7, 11) is 0. The van der Waals surface area contributed by atoms with E-state index < -0.39 is 0 Å². The molecule has 1 fully saturated rings. The van der Waals surface area contributed by atoms with Crippen LogP contribution < -0.4 is 11.0 Å². The minimum atomic E-state index is -0.0426. The number of fused-ring (bicyclic) bond motifs is 2. The van der Waals surface area contributed by atoms with Gasteiger partial charge in [-0.2, -0.15) is 0 Å². The van der Waals surface area contributed by atoms with Crippen LogP contribution in [0.15, 0.2) is 47.3 Å². The molecular weight excluding hydrogens is 364 g/mol. The van der Waals surface area contributed by atoms with Crippen LogP contribution in [0.4, 0.5) is 5.69 Å². The van der Waals surface area contributed by atoms with Crippen LogP contribution in [0.1, 0.15) is 36.4 Å². The minimum Gasteiger partial charge on any atom is -0.325 e. The van der Waals surface area contributed by atoms with Crippen LogP contribution in [-0.4, -0.2) is 40.0 Å². The zero-order chi connectivity index (χ0) is 19.8. The molecule has 2 N–H and O–H groups in total. The molecule has 0 bridgehead atoms. The minimum absolute atomic E-state index is 0.0330. The number of hydrogen-bond acceptors (Lipinski definition) is 3. The molecule has 2 aromatic carbocycles. The number of hydrogen-bond donors (Lipinski definition) is 2. The summed E-state index contributed by atoms with van der Waals surface area (Å²) in [5, 5.41) is 3.05. The van der Waals surface area contributed by atoms with Crippen LogP contribution >= 0.6 is 0 Å². The Bertz CT molecular complexity index is 1110. The monoisotopic (exact) mass is 390 g/mol. The third-order valence-corrected chi connectivity index (χ3v) is 6.30. The molecule has 2 aliphatic rings. The smallest absolute Gasteiger partial charge is 0.325 e. The molecule has 0 unspecified atom stereocenters. The van der Waals surface area contributed by atoms with E-state index in [-0.39, 0.29) is 17.6 Å². The van der Waals surface area contributed by atoms with Gasteiger partial charge in [-0.25, -0.2) is 4.79 Å². The Morgan fingerprint density at radius 2 is 1.86 bits per heavy atom. The maximum Gasteiger partial charge on any atom is 0.326 e. The fraction of sp³-hybridized carbons (Fsp3) is 0.391. The van der Waals surface area contributed by atoms with E-state index in [4.69, 9.17) is 0 Å². The molecule has 3 aromatic rings. The van der Waals surface area contributed by atoms with Crippen molar-refractivity contribution in [3.8, 4) is 0 Å². The molecule has 1 aromatic heterocycles. The number of aryl methyl sites for hydroxylation is 2. The van der Waals surface area contributed by atoms with Crippen molar-refractivity contribution in [2.45, 2.75) is 38.1 Å². The number of benzene rings is 2. The van der Waals surface area contributed by atoms with Crippen molar-refractivity contribution in [1.82, 2.24) is 14.5 Å². The number of likely N-dealkylation sites (tertiary alicyclic amines) is 1. The zero-order valence-electron chi connectivity index (χ0n) is 16.5. The van der Waals surface area contributed by atoms with Gasteiger partial charge in [-0.05, 0) is 67.5 Å². The molecule has 1 amide bonds. The number of piperidine rings is 1. The molecule has 6 heteroatoms. The van der Waals surface area contributed by atoms with E-state index in [1.54, 1.807) is 0 Å². The normalized spacial score (nSPS) is 17.5. The predicted octanol–water partition coefficient (Wildman–Crippen LogP) is 3.09. The molecule has 150 valence electrons. The van der Waals surface area contributed by atoms with Gasteiger partial charge in [-0.1, -0.05) is 18.2 Å². The summed E-state index contributed by atoms with van der Waals surface area (Å²) >= 11 is 0. The highest BCUT2D eigenvalue weighted by atomic mass is 16.2. The van der Waals surface area contributed by atoms with Crippen molar-refractivity contribution < 1.29 is 4.79 Å². The number of H-pyrrole nitrogens is 1. The number of aromatic amines is 1. The van der Waals surface area contributed by atoms with E-state index in [1.165, 1.54) is 17.5 Å². The average Bonchev–Trinajstić information content (AvgIpc) is 3.31. The lowest BCUT2D eigenvalue weighted by atomic mass is 10.0. The van der Waals surface area contributed by atoms with Gasteiger partial charge in [0.15, 0.2) is 0 Å². The largest absolute Gasteiger partial charge is 0.326 e. The lowest BCUT2D eigenvalue weighted by Gasteiger charge is -2.32.